The zero-order chi connectivity index (χ0) is 23.2. The molecular formula is C27H27N3O3. The van der Waals surface area contributed by atoms with Gasteiger partial charge in [0, 0.05) is 41.9 Å². The molecule has 0 aliphatic rings. The summed E-state index contributed by atoms with van der Waals surface area (Å²) in [5.41, 5.74) is 3.36. The summed E-state index contributed by atoms with van der Waals surface area (Å²) in [7, 11) is 1.58. The second kappa shape index (κ2) is 10.0. The molecule has 4 aromatic rings. The first-order valence-electron chi connectivity index (χ1n) is 10.9. The summed E-state index contributed by atoms with van der Waals surface area (Å²) in [6, 6.07) is 25.1. The molecule has 0 aliphatic carbocycles. The Hall–Kier alpha value is -4.06. The Morgan fingerprint density at radius 1 is 0.970 bits per heavy atom. The minimum absolute atomic E-state index is 0.0370. The van der Waals surface area contributed by atoms with Crippen LogP contribution in [0.3, 0.4) is 0 Å². The lowest BCUT2D eigenvalue weighted by atomic mass is 10.1. The van der Waals surface area contributed by atoms with Gasteiger partial charge in [-0.1, -0.05) is 54.6 Å². The fraction of sp³-hybridized carbons (Fsp3) is 0.185. The first kappa shape index (κ1) is 22.1. The van der Waals surface area contributed by atoms with Gasteiger partial charge in [-0.2, -0.15) is 0 Å². The largest absolute Gasteiger partial charge is 0.497 e. The lowest BCUT2D eigenvalue weighted by molar-refractivity contribution is -0.116. The van der Waals surface area contributed by atoms with Crippen LogP contribution in [0.1, 0.15) is 22.8 Å². The number of hydrogen-bond acceptors (Lipinski definition) is 3. The highest BCUT2D eigenvalue weighted by Crippen LogP contribution is 2.24. The molecule has 6 heteroatoms. The van der Waals surface area contributed by atoms with Gasteiger partial charge in [-0.05, 0) is 30.7 Å². The van der Waals surface area contributed by atoms with Crippen molar-refractivity contribution in [1.82, 2.24) is 9.47 Å². The summed E-state index contributed by atoms with van der Waals surface area (Å²) >= 11 is 0. The lowest BCUT2D eigenvalue weighted by Crippen LogP contribution is -2.37. The monoisotopic (exact) mass is 441 g/mol. The standard InChI is InChI=1S/C27H27N3O3/c1-3-29(19-26(31)28-21-12-9-13-22(16-21)33-2)27(32)24-18-30(17-20-10-5-4-6-11-20)25-15-8-7-14-23(24)25/h4-16,18H,3,17,19H2,1-2H3,(H,28,31). The van der Waals surface area contributed by atoms with Crippen molar-refractivity contribution < 1.29 is 14.3 Å². The van der Waals surface area contributed by atoms with Crippen LogP contribution in [-0.4, -0.2) is 41.5 Å². The van der Waals surface area contributed by atoms with Crippen molar-refractivity contribution in [2.45, 2.75) is 13.5 Å². The molecular weight excluding hydrogens is 414 g/mol. The van der Waals surface area contributed by atoms with Crippen LogP contribution in [0.2, 0.25) is 0 Å². The number of likely N-dealkylation sites (N-methyl/N-ethyl adjacent to an activating group) is 1. The minimum Gasteiger partial charge on any atom is -0.497 e. The summed E-state index contributed by atoms with van der Waals surface area (Å²) in [5, 5.41) is 3.72. The van der Waals surface area contributed by atoms with Gasteiger partial charge in [0.1, 0.15) is 12.3 Å². The Bertz CT molecular complexity index is 1260. The number of methoxy groups -OCH3 is 1. The molecule has 0 radical (unpaired) electrons. The van der Waals surface area contributed by atoms with Gasteiger partial charge in [0.2, 0.25) is 5.91 Å². The van der Waals surface area contributed by atoms with Crippen LogP contribution in [0.4, 0.5) is 5.69 Å². The van der Waals surface area contributed by atoms with Crippen LogP contribution in [0.25, 0.3) is 10.9 Å². The number of para-hydroxylation sites is 1. The van der Waals surface area contributed by atoms with E-state index in [1.54, 1.807) is 30.2 Å². The molecule has 4 rings (SSSR count). The Kier molecular flexibility index (Phi) is 6.74. The van der Waals surface area contributed by atoms with Crippen LogP contribution < -0.4 is 10.1 Å². The number of carbonyl (C=O) groups is 2. The van der Waals surface area contributed by atoms with E-state index >= 15 is 0 Å². The van der Waals surface area contributed by atoms with E-state index < -0.39 is 0 Å². The molecule has 0 saturated heterocycles. The summed E-state index contributed by atoms with van der Waals surface area (Å²) < 4.78 is 7.29. The molecule has 0 spiro atoms. The molecule has 1 N–H and O–H groups in total. The Balaban J connectivity index is 1.55. The van der Waals surface area contributed by atoms with Crippen molar-refractivity contribution >= 4 is 28.4 Å². The number of ether oxygens (including phenoxy) is 1. The van der Waals surface area contributed by atoms with E-state index in [2.05, 4.69) is 22.0 Å². The van der Waals surface area contributed by atoms with Crippen LogP contribution in [0.5, 0.6) is 5.75 Å². The van der Waals surface area contributed by atoms with E-state index in [1.807, 2.05) is 61.7 Å². The van der Waals surface area contributed by atoms with Crippen molar-refractivity contribution in [3.05, 3.63) is 96.2 Å². The molecule has 1 aromatic heterocycles. The van der Waals surface area contributed by atoms with Crippen LogP contribution >= 0.6 is 0 Å². The average molecular weight is 442 g/mol. The topological polar surface area (TPSA) is 63.6 Å². The van der Waals surface area contributed by atoms with Gasteiger partial charge in [-0.25, -0.2) is 0 Å². The van der Waals surface area contributed by atoms with Crippen molar-refractivity contribution in [3.8, 4) is 5.75 Å². The second-order valence-electron chi connectivity index (χ2n) is 7.77. The zero-order valence-corrected chi connectivity index (χ0v) is 18.8. The van der Waals surface area contributed by atoms with Crippen molar-refractivity contribution in [2.24, 2.45) is 0 Å². The highest BCUT2D eigenvalue weighted by atomic mass is 16.5. The van der Waals surface area contributed by atoms with Crippen molar-refractivity contribution in [1.29, 1.82) is 0 Å². The third-order valence-corrected chi connectivity index (χ3v) is 5.57. The van der Waals surface area contributed by atoms with E-state index in [-0.39, 0.29) is 18.4 Å². The van der Waals surface area contributed by atoms with Gasteiger partial charge < -0.3 is 19.5 Å². The van der Waals surface area contributed by atoms with Crippen LogP contribution in [0, 0.1) is 0 Å². The maximum absolute atomic E-state index is 13.5. The number of nitrogens with one attached hydrogen (secondary N) is 1. The molecule has 6 nitrogen and oxygen atoms in total. The van der Waals surface area contributed by atoms with E-state index in [0.717, 1.165) is 16.5 Å². The highest BCUT2D eigenvalue weighted by Gasteiger charge is 2.22. The Labute approximate surface area is 193 Å². The smallest absolute Gasteiger partial charge is 0.256 e. The number of nitrogens with zero attached hydrogens (tertiary/aromatic N) is 2. The third-order valence-electron chi connectivity index (χ3n) is 5.57. The molecule has 2 amide bonds. The second-order valence-corrected chi connectivity index (χ2v) is 7.77. The molecule has 0 aliphatic heterocycles. The maximum atomic E-state index is 13.5. The number of benzene rings is 3. The fourth-order valence-electron chi connectivity index (χ4n) is 3.90. The van der Waals surface area contributed by atoms with Crippen LogP contribution in [0.15, 0.2) is 85.1 Å². The number of amides is 2. The molecule has 168 valence electrons. The first-order valence-corrected chi connectivity index (χ1v) is 10.9. The first-order chi connectivity index (χ1) is 16.1. The predicted octanol–water partition coefficient (Wildman–Crippen LogP) is 4.80. The summed E-state index contributed by atoms with van der Waals surface area (Å²) in [5.74, 6) is 0.232. The molecule has 0 saturated carbocycles. The van der Waals surface area contributed by atoms with Gasteiger partial charge in [0.05, 0.1) is 12.7 Å². The average Bonchev–Trinajstić information content (AvgIpc) is 3.21. The summed E-state index contributed by atoms with van der Waals surface area (Å²) in [6.45, 7) is 2.92. The quantitative estimate of drug-likeness (QED) is 0.427. The maximum Gasteiger partial charge on any atom is 0.256 e. The predicted molar refractivity (Wildman–Crippen MR) is 131 cm³/mol. The SMILES string of the molecule is CCN(CC(=O)Nc1cccc(OC)c1)C(=O)c1cn(Cc2ccccc2)c2ccccc12. The van der Waals surface area contributed by atoms with Crippen molar-refractivity contribution in [3.63, 3.8) is 0 Å². The zero-order valence-electron chi connectivity index (χ0n) is 18.8. The molecule has 0 unspecified atom stereocenters. The molecule has 0 atom stereocenters. The van der Waals surface area contributed by atoms with E-state index in [9.17, 15) is 9.59 Å². The number of anilines is 1. The number of hydrogen-bond donors (Lipinski definition) is 1. The van der Waals surface area contributed by atoms with Gasteiger partial charge in [0.25, 0.3) is 5.91 Å². The van der Waals surface area contributed by atoms with Gasteiger partial charge in [0.15, 0.2) is 0 Å². The lowest BCUT2D eigenvalue weighted by Gasteiger charge is -2.20. The third kappa shape index (κ3) is 5.06. The van der Waals surface area contributed by atoms with E-state index in [0.29, 0.717) is 30.1 Å². The summed E-state index contributed by atoms with van der Waals surface area (Å²) in [4.78, 5) is 27.7. The Morgan fingerprint density at radius 3 is 2.48 bits per heavy atom. The minimum atomic E-state index is -0.258. The van der Waals surface area contributed by atoms with Gasteiger partial charge in [-0.3, -0.25) is 9.59 Å². The number of rotatable bonds is 8. The Morgan fingerprint density at radius 2 is 1.73 bits per heavy atom. The van der Waals surface area contributed by atoms with E-state index in [1.165, 1.54) is 0 Å². The number of aromatic nitrogens is 1. The molecule has 3 aromatic carbocycles. The molecule has 0 bridgehead atoms. The normalized spacial score (nSPS) is 10.7. The molecule has 0 fully saturated rings. The van der Waals surface area contributed by atoms with Gasteiger partial charge in [-0.15, -0.1) is 0 Å². The number of fused-ring (bicyclic) bond motifs is 1. The van der Waals surface area contributed by atoms with Gasteiger partial charge >= 0.3 is 0 Å². The molecule has 33 heavy (non-hydrogen) atoms. The van der Waals surface area contributed by atoms with E-state index in [4.69, 9.17) is 4.74 Å². The number of carbonyl (C=O) groups excluding carboxylic acids is 2. The van der Waals surface area contributed by atoms with Crippen LogP contribution in [-0.2, 0) is 11.3 Å². The van der Waals surface area contributed by atoms with Crippen molar-refractivity contribution in [2.75, 3.05) is 25.5 Å². The fourth-order valence-corrected chi connectivity index (χ4v) is 3.90. The molecule has 1 heterocycles. The summed E-state index contributed by atoms with van der Waals surface area (Å²) in [6.07, 6.45) is 1.89. The highest BCUT2D eigenvalue weighted by molar-refractivity contribution is 6.08.